The lowest BCUT2D eigenvalue weighted by molar-refractivity contribution is -0.111. The number of carbonyl (C=O) groups excluding carboxylic acids is 1. The number of hydrogen-bond donors (Lipinski definition) is 0. The van der Waals surface area contributed by atoms with Crippen LogP contribution in [0.1, 0.15) is 27.2 Å². The van der Waals surface area contributed by atoms with Gasteiger partial charge in [0.25, 0.3) is 0 Å². The summed E-state index contributed by atoms with van der Waals surface area (Å²) in [5.41, 5.74) is 2.81. The molecule has 1 rings (SSSR count). The summed E-state index contributed by atoms with van der Waals surface area (Å²) in [7, 11) is 0. The Labute approximate surface area is 73.5 Å². The molecule has 1 heteroatoms. The van der Waals surface area contributed by atoms with Crippen LogP contribution in [0.2, 0.25) is 0 Å². The first-order valence-corrected chi connectivity index (χ1v) is 4.18. The van der Waals surface area contributed by atoms with Gasteiger partial charge in [-0.2, -0.15) is 0 Å². The molecular formula is C11H14O. The van der Waals surface area contributed by atoms with Crippen LogP contribution in [0, 0.1) is 0 Å². The topological polar surface area (TPSA) is 17.1 Å². The Bertz CT molecular complexity index is 282. The van der Waals surface area contributed by atoms with Crippen molar-refractivity contribution in [1.82, 2.24) is 0 Å². The summed E-state index contributed by atoms with van der Waals surface area (Å²) in [5, 5.41) is 0. The first kappa shape index (κ1) is 8.98. The van der Waals surface area contributed by atoms with E-state index in [2.05, 4.69) is 0 Å². The minimum atomic E-state index is 0.170. The molecule has 1 aliphatic carbocycles. The van der Waals surface area contributed by atoms with E-state index in [1.165, 1.54) is 0 Å². The summed E-state index contributed by atoms with van der Waals surface area (Å²) in [5.74, 6) is 0.170. The SMILES string of the molecule is CC(C)=C(C)C(=O)C1=CCC=C1. The average molecular weight is 162 g/mol. The molecule has 0 aromatic carbocycles. The van der Waals surface area contributed by atoms with E-state index in [0.717, 1.165) is 23.1 Å². The Balaban J connectivity index is 2.85. The van der Waals surface area contributed by atoms with Crippen LogP contribution in [0.15, 0.2) is 34.9 Å². The number of Topliss-reactive ketones (excluding diaryl/α,β-unsaturated/α-hetero) is 1. The zero-order valence-corrected chi connectivity index (χ0v) is 7.85. The second-order valence-corrected chi connectivity index (χ2v) is 3.25. The minimum absolute atomic E-state index is 0.170. The highest BCUT2D eigenvalue weighted by Crippen LogP contribution is 2.16. The van der Waals surface area contributed by atoms with Crippen LogP contribution < -0.4 is 0 Å². The van der Waals surface area contributed by atoms with Gasteiger partial charge in [0.05, 0.1) is 0 Å². The average Bonchev–Trinajstić information content (AvgIpc) is 2.53. The van der Waals surface area contributed by atoms with Gasteiger partial charge < -0.3 is 0 Å². The minimum Gasteiger partial charge on any atom is -0.289 e. The van der Waals surface area contributed by atoms with Crippen LogP contribution in [0.5, 0.6) is 0 Å². The Kier molecular flexibility index (Phi) is 2.64. The number of ketones is 1. The molecule has 0 fully saturated rings. The molecule has 64 valence electrons. The van der Waals surface area contributed by atoms with Crippen molar-refractivity contribution in [2.45, 2.75) is 27.2 Å². The molecule has 0 aromatic heterocycles. The number of rotatable bonds is 2. The van der Waals surface area contributed by atoms with Crippen molar-refractivity contribution in [2.24, 2.45) is 0 Å². The van der Waals surface area contributed by atoms with Crippen LogP contribution in [0.3, 0.4) is 0 Å². The third kappa shape index (κ3) is 1.73. The van der Waals surface area contributed by atoms with Gasteiger partial charge in [-0.1, -0.05) is 23.8 Å². The van der Waals surface area contributed by atoms with E-state index in [1.807, 2.05) is 39.0 Å². The van der Waals surface area contributed by atoms with E-state index >= 15 is 0 Å². The highest BCUT2D eigenvalue weighted by Gasteiger charge is 2.11. The van der Waals surface area contributed by atoms with Gasteiger partial charge in [-0.25, -0.2) is 0 Å². The molecule has 0 amide bonds. The zero-order chi connectivity index (χ0) is 9.14. The summed E-state index contributed by atoms with van der Waals surface area (Å²) in [6.07, 6.45) is 6.77. The van der Waals surface area contributed by atoms with Gasteiger partial charge in [0.15, 0.2) is 5.78 Å². The maximum Gasteiger partial charge on any atom is 0.188 e. The van der Waals surface area contributed by atoms with Gasteiger partial charge in [-0.3, -0.25) is 4.79 Å². The van der Waals surface area contributed by atoms with Crippen molar-refractivity contribution in [3.63, 3.8) is 0 Å². The van der Waals surface area contributed by atoms with Crippen molar-refractivity contribution >= 4 is 5.78 Å². The molecule has 0 aliphatic heterocycles. The predicted octanol–water partition coefficient (Wildman–Crippen LogP) is 2.80. The molecule has 0 bridgehead atoms. The molecule has 0 atom stereocenters. The van der Waals surface area contributed by atoms with E-state index in [9.17, 15) is 4.79 Å². The molecule has 0 N–H and O–H groups in total. The molecule has 12 heavy (non-hydrogen) atoms. The lowest BCUT2D eigenvalue weighted by Crippen LogP contribution is -2.02. The third-order valence-corrected chi connectivity index (χ3v) is 2.12. The van der Waals surface area contributed by atoms with E-state index in [4.69, 9.17) is 0 Å². The molecule has 1 aliphatic rings. The summed E-state index contributed by atoms with van der Waals surface area (Å²) in [6, 6.07) is 0. The van der Waals surface area contributed by atoms with Gasteiger partial charge in [0, 0.05) is 5.57 Å². The molecular weight excluding hydrogens is 148 g/mol. The Morgan fingerprint density at radius 2 is 2.00 bits per heavy atom. The smallest absolute Gasteiger partial charge is 0.188 e. The largest absolute Gasteiger partial charge is 0.289 e. The van der Waals surface area contributed by atoms with E-state index in [-0.39, 0.29) is 5.78 Å². The first-order chi connectivity index (χ1) is 5.63. The van der Waals surface area contributed by atoms with E-state index in [0.29, 0.717) is 0 Å². The Hall–Kier alpha value is -1.11. The standard InChI is InChI=1S/C11H14O/c1-8(2)9(3)11(12)10-6-4-5-7-10/h4,6-7H,5H2,1-3H3. The lowest BCUT2D eigenvalue weighted by Gasteiger charge is -2.01. The normalized spacial score (nSPS) is 14.4. The fourth-order valence-electron chi connectivity index (χ4n) is 1.07. The summed E-state index contributed by atoms with van der Waals surface area (Å²) >= 11 is 0. The van der Waals surface area contributed by atoms with Crippen LogP contribution in [0.4, 0.5) is 0 Å². The highest BCUT2D eigenvalue weighted by atomic mass is 16.1. The summed E-state index contributed by atoms with van der Waals surface area (Å²) in [6.45, 7) is 5.81. The van der Waals surface area contributed by atoms with Crippen molar-refractivity contribution in [2.75, 3.05) is 0 Å². The van der Waals surface area contributed by atoms with Crippen molar-refractivity contribution in [3.05, 3.63) is 34.9 Å². The predicted molar refractivity (Wildman–Crippen MR) is 50.9 cm³/mol. The van der Waals surface area contributed by atoms with Gasteiger partial charge in [-0.05, 0) is 32.8 Å². The first-order valence-electron chi connectivity index (χ1n) is 4.18. The molecule has 0 saturated heterocycles. The van der Waals surface area contributed by atoms with Crippen LogP contribution in [-0.2, 0) is 4.79 Å². The van der Waals surface area contributed by atoms with Crippen molar-refractivity contribution in [1.29, 1.82) is 0 Å². The van der Waals surface area contributed by atoms with Crippen molar-refractivity contribution in [3.8, 4) is 0 Å². The highest BCUT2D eigenvalue weighted by molar-refractivity contribution is 6.10. The molecule has 0 saturated carbocycles. The van der Waals surface area contributed by atoms with Gasteiger partial charge in [0.1, 0.15) is 0 Å². The molecule has 0 aromatic rings. The molecule has 0 unspecified atom stereocenters. The van der Waals surface area contributed by atoms with Crippen LogP contribution in [0.25, 0.3) is 0 Å². The third-order valence-electron chi connectivity index (χ3n) is 2.12. The van der Waals surface area contributed by atoms with Gasteiger partial charge >= 0.3 is 0 Å². The van der Waals surface area contributed by atoms with Gasteiger partial charge in [0.2, 0.25) is 0 Å². The fraction of sp³-hybridized carbons (Fsp3) is 0.364. The summed E-state index contributed by atoms with van der Waals surface area (Å²) in [4.78, 5) is 11.6. The lowest BCUT2D eigenvalue weighted by atomic mass is 10.0. The molecule has 0 heterocycles. The van der Waals surface area contributed by atoms with E-state index in [1.54, 1.807) is 0 Å². The van der Waals surface area contributed by atoms with Gasteiger partial charge in [-0.15, -0.1) is 0 Å². The second-order valence-electron chi connectivity index (χ2n) is 3.25. The molecule has 1 nitrogen and oxygen atoms in total. The summed E-state index contributed by atoms with van der Waals surface area (Å²) < 4.78 is 0. The monoisotopic (exact) mass is 162 g/mol. The van der Waals surface area contributed by atoms with E-state index < -0.39 is 0 Å². The maximum absolute atomic E-state index is 11.6. The number of carbonyl (C=O) groups is 1. The Morgan fingerprint density at radius 1 is 1.33 bits per heavy atom. The molecule has 0 radical (unpaired) electrons. The van der Waals surface area contributed by atoms with Crippen LogP contribution >= 0.6 is 0 Å². The second kappa shape index (κ2) is 3.53. The number of allylic oxidation sites excluding steroid dienone is 6. The fourth-order valence-corrected chi connectivity index (χ4v) is 1.07. The number of hydrogen-bond acceptors (Lipinski definition) is 1. The molecule has 0 spiro atoms. The van der Waals surface area contributed by atoms with Crippen LogP contribution in [-0.4, -0.2) is 5.78 Å². The Morgan fingerprint density at radius 3 is 2.42 bits per heavy atom. The quantitative estimate of drug-likeness (QED) is 0.570. The zero-order valence-electron chi connectivity index (χ0n) is 7.85. The maximum atomic E-state index is 11.6. The van der Waals surface area contributed by atoms with Crippen molar-refractivity contribution < 1.29 is 4.79 Å².